The van der Waals surface area contributed by atoms with Crippen LogP contribution in [-0.2, 0) is 0 Å². The van der Waals surface area contributed by atoms with Gasteiger partial charge < -0.3 is 0 Å². The van der Waals surface area contributed by atoms with Crippen LogP contribution in [0.25, 0.3) is 17.1 Å². The highest BCUT2D eigenvalue weighted by Gasteiger charge is 2.28. The molecule has 0 saturated heterocycles. The molecule has 0 aliphatic heterocycles. The van der Waals surface area contributed by atoms with Gasteiger partial charge >= 0.3 is 0 Å². The molecule has 0 fully saturated rings. The van der Waals surface area contributed by atoms with Crippen molar-refractivity contribution in [2.24, 2.45) is 5.92 Å². The first-order valence-corrected chi connectivity index (χ1v) is 9.78. The van der Waals surface area contributed by atoms with Crippen molar-refractivity contribution in [3.05, 3.63) is 41.7 Å². The largest absolute Gasteiger partial charge is 0.249 e. The van der Waals surface area contributed by atoms with Gasteiger partial charge in [-0.3, -0.25) is 0 Å². The first-order valence-electron chi connectivity index (χ1n) is 9.78. The lowest BCUT2D eigenvalue weighted by molar-refractivity contribution is 0.406. The fourth-order valence-electron chi connectivity index (χ4n) is 3.87. The van der Waals surface area contributed by atoms with Crippen LogP contribution in [-0.4, -0.2) is 9.97 Å². The highest BCUT2D eigenvalue weighted by Crippen LogP contribution is 2.39. The summed E-state index contributed by atoms with van der Waals surface area (Å²) in [4.78, 5) is 9.92. The lowest BCUT2D eigenvalue weighted by atomic mass is 9.78. The molecular weight excluding hydrogens is 292 g/mol. The summed E-state index contributed by atoms with van der Waals surface area (Å²) < 4.78 is 0. The van der Waals surface area contributed by atoms with Crippen LogP contribution in [0.2, 0.25) is 0 Å². The van der Waals surface area contributed by atoms with Gasteiger partial charge in [-0.1, -0.05) is 70.6 Å². The maximum absolute atomic E-state index is 5.04. The maximum Gasteiger partial charge on any atom is 0.0894 e. The summed E-state index contributed by atoms with van der Waals surface area (Å²) in [5.41, 5.74) is 4.40. The summed E-state index contributed by atoms with van der Waals surface area (Å²) in [6.45, 7) is 4.56. The van der Waals surface area contributed by atoms with Crippen molar-refractivity contribution in [2.45, 2.75) is 71.1 Å². The van der Waals surface area contributed by atoms with Crippen molar-refractivity contribution in [1.82, 2.24) is 9.97 Å². The van der Waals surface area contributed by atoms with E-state index < -0.39 is 0 Å². The van der Waals surface area contributed by atoms with Crippen molar-refractivity contribution < 1.29 is 0 Å². The highest BCUT2D eigenvalue weighted by molar-refractivity contribution is 5.76. The molecule has 0 amide bonds. The third-order valence-corrected chi connectivity index (χ3v) is 5.25. The Morgan fingerprint density at radius 1 is 0.833 bits per heavy atom. The van der Waals surface area contributed by atoms with E-state index >= 15 is 0 Å². The number of fused-ring (bicyclic) bond motifs is 2. The Bertz CT molecular complexity index is 689. The molecule has 2 heteroatoms. The first-order chi connectivity index (χ1) is 11.8. The van der Waals surface area contributed by atoms with Crippen molar-refractivity contribution in [3.63, 3.8) is 0 Å². The molecule has 1 aromatic heterocycles. The SMILES string of the molecule is CCCCCC1C=Cc2nc3ccccc3nc2C1CCCCC. The number of para-hydroxylation sites is 2. The Morgan fingerprint density at radius 3 is 2.21 bits per heavy atom. The summed E-state index contributed by atoms with van der Waals surface area (Å²) in [5.74, 6) is 1.18. The highest BCUT2D eigenvalue weighted by atomic mass is 14.8. The minimum Gasteiger partial charge on any atom is -0.249 e. The summed E-state index contributed by atoms with van der Waals surface area (Å²) in [6, 6.07) is 8.27. The number of hydrogen-bond donors (Lipinski definition) is 0. The first kappa shape index (κ1) is 17.1. The van der Waals surface area contributed by atoms with E-state index in [9.17, 15) is 0 Å². The average molecular weight is 322 g/mol. The second-order valence-electron chi connectivity index (χ2n) is 7.10. The third kappa shape index (κ3) is 3.85. The van der Waals surface area contributed by atoms with Crippen LogP contribution in [0.3, 0.4) is 0 Å². The van der Waals surface area contributed by atoms with Crippen LogP contribution in [0.1, 0.15) is 82.5 Å². The molecule has 1 heterocycles. The van der Waals surface area contributed by atoms with Crippen LogP contribution >= 0.6 is 0 Å². The van der Waals surface area contributed by atoms with E-state index in [0.29, 0.717) is 11.8 Å². The standard InChI is InChI=1S/C22H30N2/c1-3-5-7-11-17-15-16-21-22(18(17)12-8-6-4-2)24-20-14-10-9-13-19(20)23-21/h9-10,13-18H,3-8,11-12H2,1-2H3. The molecule has 2 aromatic rings. The van der Waals surface area contributed by atoms with E-state index in [1.165, 1.54) is 57.1 Å². The summed E-state index contributed by atoms with van der Waals surface area (Å²) in [7, 11) is 0. The smallest absolute Gasteiger partial charge is 0.0894 e. The Hall–Kier alpha value is -1.70. The molecule has 1 aliphatic carbocycles. The van der Waals surface area contributed by atoms with E-state index in [0.717, 1.165) is 16.7 Å². The van der Waals surface area contributed by atoms with Crippen LogP contribution in [0, 0.1) is 5.92 Å². The number of rotatable bonds is 8. The lowest BCUT2D eigenvalue weighted by Gasteiger charge is -2.29. The average Bonchev–Trinajstić information content (AvgIpc) is 2.61. The van der Waals surface area contributed by atoms with Crippen molar-refractivity contribution in [2.75, 3.05) is 0 Å². The van der Waals surface area contributed by atoms with Crippen molar-refractivity contribution in [1.29, 1.82) is 0 Å². The lowest BCUT2D eigenvalue weighted by Crippen LogP contribution is -2.18. The van der Waals surface area contributed by atoms with Gasteiger partial charge in [-0.25, -0.2) is 9.97 Å². The van der Waals surface area contributed by atoms with Gasteiger partial charge in [-0.2, -0.15) is 0 Å². The molecule has 1 aromatic carbocycles. The van der Waals surface area contributed by atoms with E-state index in [-0.39, 0.29) is 0 Å². The molecular formula is C22H30N2. The van der Waals surface area contributed by atoms with E-state index in [2.05, 4.69) is 44.2 Å². The van der Waals surface area contributed by atoms with Gasteiger partial charge in [-0.15, -0.1) is 0 Å². The summed E-state index contributed by atoms with van der Waals surface area (Å²) in [5, 5.41) is 0. The normalized spacial score (nSPS) is 19.6. The molecule has 0 spiro atoms. The van der Waals surface area contributed by atoms with Crippen LogP contribution in [0.15, 0.2) is 30.3 Å². The van der Waals surface area contributed by atoms with E-state index in [4.69, 9.17) is 9.97 Å². The zero-order valence-electron chi connectivity index (χ0n) is 15.2. The predicted octanol–water partition coefficient (Wildman–Crippen LogP) is 6.52. The molecule has 128 valence electrons. The Morgan fingerprint density at radius 2 is 1.50 bits per heavy atom. The maximum atomic E-state index is 5.04. The fraction of sp³-hybridized carbons (Fsp3) is 0.545. The number of benzene rings is 1. The van der Waals surface area contributed by atoms with Gasteiger partial charge in [0.1, 0.15) is 0 Å². The quantitative estimate of drug-likeness (QED) is 0.517. The second kappa shape index (κ2) is 8.41. The molecule has 2 atom stereocenters. The van der Waals surface area contributed by atoms with Crippen LogP contribution in [0.4, 0.5) is 0 Å². The minimum absolute atomic E-state index is 0.547. The van der Waals surface area contributed by atoms with E-state index in [1.807, 2.05) is 6.07 Å². The molecule has 0 bridgehead atoms. The molecule has 1 aliphatic rings. The van der Waals surface area contributed by atoms with Crippen LogP contribution in [0.5, 0.6) is 0 Å². The predicted molar refractivity (Wildman–Crippen MR) is 103 cm³/mol. The monoisotopic (exact) mass is 322 g/mol. The third-order valence-electron chi connectivity index (χ3n) is 5.25. The number of unbranched alkanes of at least 4 members (excludes halogenated alkanes) is 4. The van der Waals surface area contributed by atoms with Gasteiger partial charge in [0.2, 0.25) is 0 Å². The number of nitrogens with zero attached hydrogens (tertiary/aromatic N) is 2. The molecule has 2 nitrogen and oxygen atoms in total. The van der Waals surface area contributed by atoms with Gasteiger partial charge in [0.05, 0.1) is 22.4 Å². The zero-order chi connectivity index (χ0) is 16.8. The second-order valence-corrected chi connectivity index (χ2v) is 7.10. The number of hydrogen-bond acceptors (Lipinski definition) is 2. The van der Waals surface area contributed by atoms with Gasteiger partial charge in [-0.05, 0) is 37.0 Å². The Labute approximate surface area is 146 Å². The Kier molecular flexibility index (Phi) is 6.01. The number of aromatic nitrogens is 2. The molecule has 0 radical (unpaired) electrons. The number of allylic oxidation sites excluding steroid dienone is 1. The van der Waals surface area contributed by atoms with Crippen molar-refractivity contribution in [3.8, 4) is 0 Å². The van der Waals surface area contributed by atoms with Gasteiger partial charge in [0, 0.05) is 5.92 Å². The van der Waals surface area contributed by atoms with E-state index in [1.54, 1.807) is 0 Å². The molecule has 24 heavy (non-hydrogen) atoms. The molecule has 2 unspecified atom stereocenters. The molecule has 0 N–H and O–H groups in total. The zero-order valence-corrected chi connectivity index (χ0v) is 15.2. The van der Waals surface area contributed by atoms with Crippen LogP contribution < -0.4 is 0 Å². The topological polar surface area (TPSA) is 25.8 Å². The van der Waals surface area contributed by atoms with Gasteiger partial charge in [0.15, 0.2) is 0 Å². The van der Waals surface area contributed by atoms with Gasteiger partial charge in [0.25, 0.3) is 0 Å². The summed E-state index contributed by atoms with van der Waals surface area (Å²) >= 11 is 0. The molecule has 0 saturated carbocycles. The Balaban J connectivity index is 1.89. The fourth-order valence-corrected chi connectivity index (χ4v) is 3.87. The van der Waals surface area contributed by atoms with Crippen molar-refractivity contribution >= 4 is 17.1 Å². The summed E-state index contributed by atoms with van der Waals surface area (Å²) in [6.07, 6.45) is 15.0. The minimum atomic E-state index is 0.547. The molecule has 3 rings (SSSR count).